The Hall–Kier alpha value is -0.800. The lowest BCUT2D eigenvalue weighted by atomic mass is 10.1. The second-order valence-electron chi connectivity index (χ2n) is 2.41. The van der Waals surface area contributed by atoms with Crippen molar-refractivity contribution in [3.8, 4) is 11.8 Å². The van der Waals surface area contributed by atoms with Gasteiger partial charge in [0.15, 0.2) is 0 Å². The van der Waals surface area contributed by atoms with Crippen LogP contribution in [0.2, 0.25) is 0 Å². The van der Waals surface area contributed by atoms with Crippen LogP contribution in [0.15, 0.2) is 12.1 Å². The van der Waals surface area contributed by atoms with E-state index in [0.717, 1.165) is 3.57 Å². The van der Waals surface area contributed by atoms with Crippen LogP contribution >= 0.6 is 22.6 Å². The largest absolute Gasteiger partial charge is 0.496 e. The molecule has 1 aromatic rings. The lowest BCUT2D eigenvalue weighted by Gasteiger charge is -2.06. The zero-order chi connectivity index (χ0) is 9.84. The van der Waals surface area contributed by atoms with E-state index in [1.807, 2.05) is 6.07 Å². The van der Waals surface area contributed by atoms with E-state index < -0.39 is 0 Å². The van der Waals surface area contributed by atoms with Crippen LogP contribution in [-0.4, -0.2) is 12.2 Å². The maximum atomic E-state index is 8.95. The Morgan fingerprint density at radius 1 is 1.62 bits per heavy atom. The maximum absolute atomic E-state index is 8.95. The van der Waals surface area contributed by atoms with Crippen molar-refractivity contribution in [2.45, 2.75) is 6.61 Å². The first kappa shape index (κ1) is 10.3. The molecule has 0 aromatic heterocycles. The minimum Gasteiger partial charge on any atom is -0.496 e. The zero-order valence-electron chi connectivity index (χ0n) is 7.04. The highest BCUT2D eigenvalue weighted by Gasteiger charge is 2.07. The van der Waals surface area contributed by atoms with E-state index in [1.165, 1.54) is 0 Å². The molecule has 1 rings (SSSR count). The monoisotopic (exact) mass is 289 g/mol. The summed E-state index contributed by atoms with van der Waals surface area (Å²) in [4.78, 5) is 0. The molecule has 0 saturated carbocycles. The van der Waals surface area contributed by atoms with E-state index in [-0.39, 0.29) is 6.61 Å². The van der Waals surface area contributed by atoms with Crippen LogP contribution in [0.4, 0.5) is 0 Å². The van der Waals surface area contributed by atoms with Crippen molar-refractivity contribution in [2.24, 2.45) is 0 Å². The molecule has 0 aliphatic carbocycles. The molecule has 0 heterocycles. The van der Waals surface area contributed by atoms with E-state index in [9.17, 15) is 0 Å². The lowest BCUT2D eigenvalue weighted by Crippen LogP contribution is -1.94. The minimum absolute atomic E-state index is 0.143. The molecule has 0 saturated heterocycles. The zero-order valence-corrected chi connectivity index (χ0v) is 9.20. The molecule has 0 amide bonds. The standard InChI is InChI=1S/C9H8INO2/c1-13-9-3-7(5-12)6(4-11)2-8(9)10/h2-3,12H,5H2,1H3. The number of hydrogen-bond donors (Lipinski definition) is 1. The van der Waals surface area contributed by atoms with Crippen molar-refractivity contribution in [1.29, 1.82) is 5.26 Å². The first-order chi connectivity index (χ1) is 6.22. The van der Waals surface area contributed by atoms with Crippen molar-refractivity contribution in [2.75, 3.05) is 7.11 Å². The van der Waals surface area contributed by atoms with Gasteiger partial charge in [0.1, 0.15) is 5.75 Å². The maximum Gasteiger partial charge on any atom is 0.132 e. The first-order valence-electron chi connectivity index (χ1n) is 3.60. The molecule has 1 aromatic carbocycles. The van der Waals surface area contributed by atoms with Gasteiger partial charge in [-0.2, -0.15) is 5.26 Å². The first-order valence-corrected chi connectivity index (χ1v) is 4.68. The van der Waals surface area contributed by atoms with Crippen molar-refractivity contribution in [3.05, 3.63) is 26.8 Å². The van der Waals surface area contributed by atoms with Crippen LogP contribution in [0.5, 0.6) is 5.75 Å². The van der Waals surface area contributed by atoms with Gasteiger partial charge in [-0.15, -0.1) is 0 Å². The molecule has 0 spiro atoms. The fraction of sp³-hybridized carbons (Fsp3) is 0.222. The highest BCUT2D eigenvalue weighted by molar-refractivity contribution is 14.1. The number of aliphatic hydroxyl groups is 1. The van der Waals surface area contributed by atoms with Gasteiger partial charge in [0.25, 0.3) is 0 Å². The van der Waals surface area contributed by atoms with Gasteiger partial charge in [-0.1, -0.05) is 0 Å². The summed E-state index contributed by atoms with van der Waals surface area (Å²) in [5.74, 6) is 0.684. The summed E-state index contributed by atoms with van der Waals surface area (Å²) in [5.41, 5.74) is 1.09. The van der Waals surface area contributed by atoms with E-state index in [0.29, 0.717) is 16.9 Å². The molecule has 0 atom stereocenters. The van der Waals surface area contributed by atoms with Crippen molar-refractivity contribution >= 4 is 22.6 Å². The van der Waals surface area contributed by atoms with Gasteiger partial charge in [0.2, 0.25) is 0 Å². The fourth-order valence-corrected chi connectivity index (χ4v) is 1.67. The van der Waals surface area contributed by atoms with Crippen LogP contribution in [0, 0.1) is 14.9 Å². The van der Waals surface area contributed by atoms with Crippen LogP contribution < -0.4 is 4.74 Å². The molecule has 3 nitrogen and oxygen atoms in total. The van der Waals surface area contributed by atoms with Gasteiger partial charge in [-0.05, 0) is 40.3 Å². The number of nitriles is 1. The predicted molar refractivity (Wildman–Crippen MR) is 56.3 cm³/mol. The van der Waals surface area contributed by atoms with Gasteiger partial charge in [-0.3, -0.25) is 0 Å². The summed E-state index contributed by atoms with van der Waals surface area (Å²) >= 11 is 2.08. The molecule has 68 valence electrons. The van der Waals surface area contributed by atoms with Crippen molar-refractivity contribution in [3.63, 3.8) is 0 Å². The van der Waals surface area contributed by atoms with Crippen molar-refractivity contribution in [1.82, 2.24) is 0 Å². The number of halogens is 1. The molecule has 4 heteroatoms. The molecule has 0 aliphatic heterocycles. The van der Waals surface area contributed by atoms with Gasteiger partial charge in [0.05, 0.1) is 28.9 Å². The highest BCUT2D eigenvalue weighted by atomic mass is 127. The number of nitrogens with zero attached hydrogens (tertiary/aromatic N) is 1. The number of benzene rings is 1. The quantitative estimate of drug-likeness (QED) is 0.842. The van der Waals surface area contributed by atoms with E-state index >= 15 is 0 Å². The van der Waals surface area contributed by atoms with Gasteiger partial charge in [0, 0.05) is 0 Å². The highest BCUT2D eigenvalue weighted by Crippen LogP contribution is 2.24. The third-order valence-electron chi connectivity index (χ3n) is 1.67. The van der Waals surface area contributed by atoms with E-state index in [4.69, 9.17) is 15.1 Å². The summed E-state index contributed by atoms with van der Waals surface area (Å²) in [5, 5.41) is 17.7. The second-order valence-corrected chi connectivity index (χ2v) is 3.58. The minimum atomic E-state index is -0.143. The van der Waals surface area contributed by atoms with Crippen LogP contribution in [0.1, 0.15) is 11.1 Å². The molecule has 0 radical (unpaired) electrons. The third kappa shape index (κ3) is 2.11. The topological polar surface area (TPSA) is 53.2 Å². The average Bonchev–Trinajstić information content (AvgIpc) is 2.17. The van der Waals surface area contributed by atoms with Crippen LogP contribution in [-0.2, 0) is 6.61 Å². The van der Waals surface area contributed by atoms with Crippen LogP contribution in [0.25, 0.3) is 0 Å². The second kappa shape index (κ2) is 4.44. The molecule has 0 aliphatic rings. The summed E-state index contributed by atoms with van der Waals surface area (Å²) < 4.78 is 5.93. The summed E-state index contributed by atoms with van der Waals surface area (Å²) in [6.45, 7) is -0.143. The number of rotatable bonds is 2. The van der Waals surface area contributed by atoms with Crippen LogP contribution in [0.3, 0.4) is 0 Å². The van der Waals surface area contributed by atoms with E-state index in [2.05, 4.69) is 22.6 Å². The smallest absolute Gasteiger partial charge is 0.132 e. The SMILES string of the molecule is COc1cc(CO)c(C#N)cc1I. The fourth-order valence-electron chi connectivity index (χ4n) is 0.987. The predicted octanol–water partition coefficient (Wildman–Crippen LogP) is 1.66. The Labute approximate surface area is 90.1 Å². The third-order valence-corrected chi connectivity index (χ3v) is 2.51. The number of ether oxygens (including phenoxy) is 1. The summed E-state index contributed by atoms with van der Waals surface area (Å²) in [6.07, 6.45) is 0. The molecule has 13 heavy (non-hydrogen) atoms. The summed E-state index contributed by atoms with van der Waals surface area (Å²) in [6, 6.07) is 5.40. The Kier molecular flexibility index (Phi) is 3.51. The van der Waals surface area contributed by atoms with E-state index in [1.54, 1.807) is 19.2 Å². The van der Waals surface area contributed by atoms with Gasteiger partial charge >= 0.3 is 0 Å². The summed E-state index contributed by atoms with van der Waals surface area (Å²) in [7, 11) is 1.56. The number of hydrogen-bond acceptors (Lipinski definition) is 3. The van der Waals surface area contributed by atoms with Crippen molar-refractivity contribution < 1.29 is 9.84 Å². The molecule has 0 bridgehead atoms. The average molecular weight is 289 g/mol. The molecule has 0 unspecified atom stereocenters. The molecular formula is C9H8INO2. The van der Waals surface area contributed by atoms with Gasteiger partial charge in [-0.25, -0.2) is 0 Å². The Morgan fingerprint density at radius 3 is 2.77 bits per heavy atom. The number of methoxy groups -OCH3 is 1. The van der Waals surface area contributed by atoms with Gasteiger partial charge < -0.3 is 9.84 Å². The lowest BCUT2D eigenvalue weighted by molar-refractivity contribution is 0.280. The number of aliphatic hydroxyl groups excluding tert-OH is 1. The Balaban J connectivity index is 3.28. The molecule has 0 fully saturated rings. The Bertz CT molecular complexity index is 357. The molecular weight excluding hydrogens is 281 g/mol. The molecule has 1 N–H and O–H groups in total. The Morgan fingerprint density at radius 2 is 2.31 bits per heavy atom. The normalized spacial score (nSPS) is 9.38.